The SMILES string of the molecule is COc1cc(/C=C/C(=O)[C@H]2CC[C@H]3[C@@H]4CC=C5C[C@@H](O)CC[C@]5(C)[C@H]4CC[C@]23C)cc(OC)c1OC. The number of ketones is 1. The van der Waals surface area contributed by atoms with Crippen LogP contribution in [0, 0.1) is 34.5 Å². The van der Waals surface area contributed by atoms with Crippen LogP contribution in [-0.4, -0.2) is 38.3 Å². The Bertz CT molecular complexity index is 1050. The predicted octanol–water partition coefficient (Wildman–Crippen LogP) is 6.23. The maximum atomic E-state index is 13.6. The molecule has 4 aliphatic rings. The van der Waals surface area contributed by atoms with Gasteiger partial charge in [0.2, 0.25) is 5.75 Å². The summed E-state index contributed by atoms with van der Waals surface area (Å²) in [5, 5.41) is 10.3. The lowest BCUT2D eigenvalue weighted by Crippen LogP contribution is -2.50. The summed E-state index contributed by atoms with van der Waals surface area (Å²) in [7, 11) is 4.79. The summed E-state index contributed by atoms with van der Waals surface area (Å²) >= 11 is 0. The van der Waals surface area contributed by atoms with Crippen LogP contribution in [0.2, 0.25) is 0 Å². The molecule has 1 aromatic rings. The third-order valence-corrected chi connectivity index (χ3v) is 10.5. The van der Waals surface area contributed by atoms with Crippen molar-refractivity contribution in [3.8, 4) is 17.2 Å². The molecule has 0 saturated heterocycles. The third kappa shape index (κ3) is 3.98. The lowest BCUT2D eigenvalue weighted by molar-refractivity contribution is -0.124. The molecule has 1 aromatic carbocycles. The van der Waals surface area contributed by atoms with Crippen molar-refractivity contribution in [1.29, 1.82) is 0 Å². The predicted molar refractivity (Wildman–Crippen MR) is 141 cm³/mol. The van der Waals surface area contributed by atoms with E-state index in [1.54, 1.807) is 27.4 Å². The summed E-state index contributed by atoms with van der Waals surface area (Å²) in [6, 6.07) is 3.76. The van der Waals surface area contributed by atoms with Crippen LogP contribution in [0.15, 0.2) is 29.9 Å². The Balaban J connectivity index is 1.35. The van der Waals surface area contributed by atoms with Crippen LogP contribution < -0.4 is 14.2 Å². The molecule has 36 heavy (non-hydrogen) atoms. The van der Waals surface area contributed by atoms with E-state index in [1.807, 2.05) is 18.2 Å². The average molecular weight is 495 g/mol. The van der Waals surface area contributed by atoms with E-state index in [4.69, 9.17) is 14.2 Å². The summed E-state index contributed by atoms with van der Waals surface area (Å²) in [6.45, 7) is 4.85. The van der Waals surface area contributed by atoms with Gasteiger partial charge in [-0.25, -0.2) is 0 Å². The van der Waals surface area contributed by atoms with Gasteiger partial charge in [0.05, 0.1) is 27.4 Å². The highest BCUT2D eigenvalue weighted by atomic mass is 16.5. The fourth-order valence-corrected chi connectivity index (χ4v) is 8.60. The monoisotopic (exact) mass is 494 g/mol. The number of methoxy groups -OCH3 is 3. The number of fused-ring (bicyclic) bond motifs is 5. The first-order valence-electron chi connectivity index (χ1n) is 13.6. The average Bonchev–Trinajstić information content (AvgIpc) is 3.24. The van der Waals surface area contributed by atoms with Gasteiger partial charge in [-0.15, -0.1) is 0 Å². The Labute approximate surface area is 215 Å². The summed E-state index contributed by atoms with van der Waals surface area (Å²) in [6.07, 6.45) is 14.4. The van der Waals surface area contributed by atoms with Crippen molar-refractivity contribution >= 4 is 11.9 Å². The molecular weight excluding hydrogens is 452 g/mol. The van der Waals surface area contributed by atoms with Crippen LogP contribution in [0.3, 0.4) is 0 Å². The molecule has 3 fully saturated rings. The minimum absolute atomic E-state index is 0.0633. The Hall–Kier alpha value is -2.27. The number of rotatable bonds is 6. The second-order valence-corrected chi connectivity index (χ2v) is 12.0. The lowest BCUT2D eigenvalue weighted by Gasteiger charge is -2.57. The molecule has 0 spiro atoms. The first-order chi connectivity index (χ1) is 17.2. The Morgan fingerprint density at radius 1 is 0.972 bits per heavy atom. The number of hydrogen-bond acceptors (Lipinski definition) is 5. The largest absolute Gasteiger partial charge is 0.493 e. The van der Waals surface area contributed by atoms with E-state index >= 15 is 0 Å². The number of carbonyl (C=O) groups is 1. The Morgan fingerprint density at radius 3 is 2.36 bits per heavy atom. The fourth-order valence-electron chi connectivity index (χ4n) is 8.60. The highest BCUT2D eigenvalue weighted by molar-refractivity contribution is 5.96. The quantitative estimate of drug-likeness (QED) is 0.375. The number of aliphatic hydroxyl groups is 1. The topological polar surface area (TPSA) is 65.0 Å². The van der Waals surface area contributed by atoms with Gasteiger partial charge < -0.3 is 19.3 Å². The minimum Gasteiger partial charge on any atom is -0.493 e. The molecule has 0 heterocycles. The number of hydrogen-bond donors (Lipinski definition) is 1. The molecule has 4 aliphatic carbocycles. The molecule has 0 aromatic heterocycles. The molecule has 5 nitrogen and oxygen atoms in total. The second kappa shape index (κ2) is 9.55. The fraction of sp³-hybridized carbons (Fsp3) is 0.645. The van der Waals surface area contributed by atoms with E-state index < -0.39 is 0 Å². The number of ether oxygens (including phenoxy) is 3. The lowest BCUT2D eigenvalue weighted by atomic mass is 9.47. The second-order valence-electron chi connectivity index (χ2n) is 12.0. The van der Waals surface area contributed by atoms with E-state index in [-0.39, 0.29) is 28.6 Å². The summed E-state index contributed by atoms with van der Waals surface area (Å²) in [5.41, 5.74) is 2.66. The summed E-state index contributed by atoms with van der Waals surface area (Å²) < 4.78 is 16.4. The van der Waals surface area contributed by atoms with Crippen molar-refractivity contribution in [3.63, 3.8) is 0 Å². The number of allylic oxidation sites excluding steroid dienone is 2. The highest BCUT2D eigenvalue weighted by Crippen LogP contribution is 2.66. The van der Waals surface area contributed by atoms with E-state index in [1.165, 1.54) is 12.0 Å². The molecule has 0 amide bonds. The minimum atomic E-state index is -0.166. The molecule has 0 unspecified atom stereocenters. The molecular formula is C31H42O5. The van der Waals surface area contributed by atoms with E-state index in [9.17, 15) is 9.90 Å². The van der Waals surface area contributed by atoms with Crippen LogP contribution in [0.1, 0.15) is 70.8 Å². The highest BCUT2D eigenvalue weighted by Gasteiger charge is 2.59. The molecule has 1 N–H and O–H groups in total. The number of benzene rings is 1. The van der Waals surface area contributed by atoms with Gasteiger partial charge in [0.25, 0.3) is 0 Å². The van der Waals surface area contributed by atoms with Crippen LogP contribution in [0.5, 0.6) is 17.2 Å². The van der Waals surface area contributed by atoms with Crippen molar-refractivity contribution in [3.05, 3.63) is 35.4 Å². The van der Waals surface area contributed by atoms with Crippen molar-refractivity contribution in [2.75, 3.05) is 21.3 Å². The molecule has 3 saturated carbocycles. The first kappa shape index (κ1) is 25.4. The molecule has 196 valence electrons. The zero-order valence-corrected chi connectivity index (χ0v) is 22.5. The van der Waals surface area contributed by atoms with E-state index in [0.29, 0.717) is 35.0 Å². The van der Waals surface area contributed by atoms with Gasteiger partial charge in [0.1, 0.15) is 0 Å². The third-order valence-electron chi connectivity index (χ3n) is 10.5. The van der Waals surface area contributed by atoms with Crippen LogP contribution in [0.25, 0.3) is 6.08 Å². The number of carbonyl (C=O) groups excluding carboxylic acids is 1. The van der Waals surface area contributed by atoms with Gasteiger partial charge in [0, 0.05) is 5.92 Å². The van der Waals surface area contributed by atoms with Gasteiger partial charge in [-0.3, -0.25) is 4.79 Å². The van der Waals surface area contributed by atoms with Crippen molar-refractivity contribution in [1.82, 2.24) is 0 Å². The normalized spacial score (nSPS) is 37.5. The van der Waals surface area contributed by atoms with Gasteiger partial charge in [-0.2, -0.15) is 0 Å². The zero-order chi connectivity index (χ0) is 25.7. The van der Waals surface area contributed by atoms with Crippen molar-refractivity contribution < 1.29 is 24.1 Å². The Kier molecular flexibility index (Phi) is 6.74. The van der Waals surface area contributed by atoms with Gasteiger partial charge in [-0.1, -0.05) is 31.6 Å². The van der Waals surface area contributed by atoms with Gasteiger partial charge >= 0.3 is 0 Å². The van der Waals surface area contributed by atoms with Gasteiger partial charge in [0.15, 0.2) is 17.3 Å². The van der Waals surface area contributed by atoms with Crippen molar-refractivity contribution in [2.24, 2.45) is 34.5 Å². The van der Waals surface area contributed by atoms with Crippen LogP contribution in [-0.2, 0) is 4.79 Å². The molecule has 5 rings (SSSR count). The maximum absolute atomic E-state index is 13.6. The Morgan fingerprint density at radius 2 is 1.69 bits per heavy atom. The van der Waals surface area contributed by atoms with E-state index in [2.05, 4.69) is 19.9 Å². The van der Waals surface area contributed by atoms with Crippen LogP contribution in [0.4, 0.5) is 0 Å². The first-order valence-corrected chi connectivity index (χ1v) is 13.6. The van der Waals surface area contributed by atoms with Crippen LogP contribution >= 0.6 is 0 Å². The molecule has 0 radical (unpaired) electrons. The smallest absolute Gasteiger partial charge is 0.203 e. The molecule has 5 heteroatoms. The van der Waals surface area contributed by atoms with Crippen molar-refractivity contribution in [2.45, 2.75) is 71.3 Å². The number of aliphatic hydroxyl groups excluding tert-OH is 1. The molecule has 0 bridgehead atoms. The summed E-state index contributed by atoms with van der Waals surface area (Å²) in [5.74, 6) is 3.99. The zero-order valence-electron chi connectivity index (χ0n) is 22.5. The standard InChI is InChI=1S/C31H42O5/c1-30-14-12-21(32)18-20(30)7-8-22-23-9-10-25(31(23,2)15-13-24(22)30)26(33)11-6-19-16-27(34-3)29(36-5)28(17-19)35-4/h6-7,11,16-17,21-25,32H,8-10,12-15,18H2,1-5H3/b11-6+/t21-,22-,23-,24-,25+,30-,31-/m0/s1. The molecule has 0 aliphatic heterocycles. The summed E-state index contributed by atoms with van der Waals surface area (Å²) in [4.78, 5) is 13.6. The molecule has 7 atom stereocenters. The maximum Gasteiger partial charge on any atom is 0.203 e. The van der Waals surface area contributed by atoms with E-state index in [0.717, 1.165) is 50.5 Å². The van der Waals surface area contributed by atoms with Gasteiger partial charge in [-0.05, 0) is 104 Å².